The molecule has 0 spiro atoms. The van der Waals surface area contributed by atoms with Gasteiger partial charge in [0, 0.05) is 16.6 Å². The molecule has 1 atom stereocenters. The van der Waals surface area contributed by atoms with Crippen molar-refractivity contribution in [1.29, 1.82) is 0 Å². The van der Waals surface area contributed by atoms with Crippen LogP contribution in [0.15, 0.2) is 33.2 Å². The summed E-state index contributed by atoms with van der Waals surface area (Å²) in [5.74, 6) is 0.899. The van der Waals surface area contributed by atoms with E-state index in [1.165, 1.54) is 0 Å². The zero-order valence-electron chi connectivity index (χ0n) is 14.0. The van der Waals surface area contributed by atoms with Crippen LogP contribution in [-0.2, 0) is 4.74 Å². The third-order valence-electron chi connectivity index (χ3n) is 3.68. The Morgan fingerprint density at radius 3 is 2.88 bits per heavy atom. The van der Waals surface area contributed by atoms with Gasteiger partial charge in [-0.2, -0.15) is 0 Å². The Bertz CT molecular complexity index is 739. The van der Waals surface area contributed by atoms with Gasteiger partial charge in [-0.25, -0.2) is 4.79 Å². The molecule has 1 aliphatic heterocycles. The van der Waals surface area contributed by atoms with E-state index in [9.17, 15) is 4.79 Å². The molecule has 24 heavy (non-hydrogen) atoms. The summed E-state index contributed by atoms with van der Waals surface area (Å²) in [5, 5.41) is 8.28. The molecule has 3 rings (SSSR count). The van der Waals surface area contributed by atoms with E-state index in [2.05, 4.69) is 26.1 Å². The lowest BCUT2D eigenvalue weighted by molar-refractivity contribution is 0.0204. The average Bonchev–Trinajstić information content (AvgIpc) is 3.14. The van der Waals surface area contributed by atoms with E-state index < -0.39 is 5.60 Å². The number of halogens is 1. The largest absolute Gasteiger partial charge is 0.444 e. The van der Waals surface area contributed by atoms with Gasteiger partial charge in [0.25, 0.3) is 0 Å². The minimum Gasteiger partial charge on any atom is -0.444 e. The molecule has 1 aromatic carbocycles. The number of benzene rings is 1. The fraction of sp³-hybridized carbons (Fsp3) is 0.471. The Morgan fingerprint density at radius 2 is 2.17 bits per heavy atom. The lowest BCUT2D eigenvalue weighted by Crippen LogP contribution is -2.36. The summed E-state index contributed by atoms with van der Waals surface area (Å²) in [6, 6.07) is 7.43. The quantitative estimate of drug-likeness (QED) is 0.746. The molecule has 0 aliphatic carbocycles. The standard InChI is InChI=1S/C17H20BrN3O3/c1-17(2,3)24-16(22)21-9-5-8-13(21)15-20-19-14(23-15)11-6-4-7-12(18)10-11/h4,6-7,10,13H,5,8-9H2,1-3H3. The number of amides is 1. The zero-order valence-corrected chi connectivity index (χ0v) is 15.5. The van der Waals surface area contributed by atoms with Crippen molar-refractivity contribution >= 4 is 22.0 Å². The van der Waals surface area contributed by atoms with Crippen LogP contribution in [0.1, 0.15) is 45.5 Å². The van der Waals surface area contributed by atoms with Crippen molar-refractivity contribution < 1.29 is 13.9 Å². The normalized spacial score (nSPS) is 18.0. The van der Waals surface area contributed by atoms with Crippen molar-refractivity contribution in [2.75, 3.05) is 6.54 Å². The molecule has 0 bridgehead atoms. The van der Waals surface area contributed by atoms with Crippen LogP contribution in [0.4, 0.5) is 4.79 Å². The lowest BCUT2D eigenvalue weighted by atomic mass is 10.2. The molecule has 2 aromatic rings. The van der Waals surface area contributed by atoms with E-state index in [0.29, 0.717) is 18.3 Å². The van der Waals surface area contributed by atoms with E-state index in [1.807, 2.05) is 45.0 Å². The highest BCUT2D eigenvalue weighted by Crippen LogP contribution is 2.34. The summed E-state index contributed by atoms with van der Waals surface area (Å²) in [6.07, 6.45) is 1.34. The highest BCUT2D eigenvalue weighted by Gasteiger charge is 2.36. The van der Waals surface area contributed by atoms with Gasteiger partial charge in [-0.15, -0.1) is 10.2 Å². The fourth-order valence-corrected chi connectivity index (χ4v) is 3.07. The number of ether oxygens (including phenoxy) is 1. The third kappa shape index (κ3) is 3.77. The van der Waals surface area contributed by atoms with Crippen LogP contribution in [-0.4, -0.2) is 33.3 Å². The van der Waals surface area contributed by atoms with Crippen molar-refractivity contribution in [2.45, 2.75) is 45.3 Å². The summed E-state index contributed by atoms with van der Waals surface area (Å²) < 4.78 is 12.2. The topological polar surface area (TPSA) is 68.5 Å². The van der Waals surface area contributed by atoms with E-state index in [4.69, 9.17) is 9.15 Å². The summed E-state index contributed by atoms with van der Waals surface area (Å²) in [4.78, 5) is 14.0. The van der Waals surface area contributed by atoms with E-state index >= 15 is 0 Å². The second kappa shape index (κ2) is 6.55. The van der Waals surface area contributed by atoms with Crippen LogP contribution in [0, 0.1) is 0 Å². The summed E-state index contributed by atoms with van der Waals surface area (Å²) in [6.45, 7) is 6.20. The molecule has 0 saturated carbocycles. The second-order valence-electron chi connectivity index (χ2n) is 6.79. The van der Waals surface area contributed by atoms with Gasteiger partial charge in [0.2, 0.25) is 11.8 Å². The van der Waals surface area contributed by atoms with Gasteiger partial charge in [0.1, 0.15) is 11.6 Å². The number of hydrogen-bond acceptors (Lipinski definition) is 5. The molecular formula is C17H20BrN3O3. The Kier molecular flexibility index (Phi) is 4.62. The van der Waals surface area contributed by atoms with Crippen LogP contribution in [0.25, 0.3) is 11.5 Å². The number of nitrogens with zero attached hydrogens (tertiary/aromatic N) is 3. The van der Waals surface area contributed by atoms with Gasteiger partial charge in [0.15, 0.2) is 0 Å². The maximum atomic E-state index is 12.4. The molecule has 128 valence electrons. The smallest absolute Gasteiger partial charge is 0.410 e. The molecule has 2 heterocycles. The number of carbonyl (C=O) groups excluding carboxylic acids is 1. The highest BCUT2D eigenvalue weighted by atomic mass is 79.9. The van der Waals surface area contributed by atoms with Gasteiger partial charge in [-0.05, 0) is 51.8 Å². The number of carbonyl (C=O) groups is 1. The SMILES string of the molecule is CC(C)(C)OC(=O)N1CCCC1c1nnc(-c2cccc(Br)c2)o1. The van der Waals surface area contributed by atoms with Crippen molar-refractivity contribution in [1.82, 2.24) is 15.1 Å². The van der Waals surface area contributed by atoms with E-state index in [-0.39, 0.29) is 12.1 Å². The first-order valence-corrected chi connectivity index (χ1v) is 8.72. The molecule has 1 saturated heterocycles. The first-order chi connectivity index (χ1) is 11.3. The predicted octanol–water partition coefficient (Wildman–Crippen LogP) is 4.57. The Balaban J connectivity index is 1.80. The minimum atomic E-state index is -0.527. The Morgan fingerprint density at radius 1 is 1.38 bits per heavy atom. The number of likely N-dealkylation sites (tertiary alicyclic amines) is 1. The van der Waals surface area contributed by atoms with Crippen molar-refractivity contribution in [3.63, 3.8) is 0 Å². The van der Waals surface area contributed by atoms with Gasteiger partial charge in [-0.3, -0.25) is 4.90 Å². The van der Waals surface area contributed by atoms with Gasteiger partial charge in [-0.1, -0.05) is 22.0 Å². The lowest BCUT2D eigenvalue weighted by Gasteiger charge is -2.27. The Hall–Kier alpha value is -1.89. The summed E-state index contributed by atoms with van der Waals surface area (Å²) >= 11 is 3.43. The monoisotopic (exact) mass is 393 g/mol. The molecule has 0 N–H and O–H groups in total. The van der Waals surface area contributed by atoms with Crippen molar-refractivity contribution in [3.05, 3.63) is 34.6 Å². The summed E-state index contributed by atoms with van der Waals surface area (Å²) in [5.41, 5.74) is 0.311. The molecule has 0 radical (unpaired) electrons. The van der Waals surface area contributed by atoms with Crippen LogP contribution >= 0.6 is 15.9 Å². The number of rotatable bonds is 2. The van der Waals surface area contributed by atoms with Crippen molar-refractivity contribution in [2.24, 2.45) is 0 Å². The number of aromatic nitrogens is 2. The Labute approximate surface area is 149 Å². The van der Waals surface area contributed by atoms with Crippen LogP contribution in [0.2, 0.25) is 0 Å². The van der Waals surface area contributed by atoms with Crippen LogP contribution in [0.3, 0.4) is 0 Å². The highest BCUT2D eigenvalue weighted by molar-refractivity contribution is 9.10. The van der Waals surface area contributed by atoms with Crippen LogP contribution in [0.5, 0.6) is 0 Å². The molecule has 1 unspecified atom stereocenters. The molecule has 1 aromatic heterocycles. The molecule has 1 aliphatic rings. The third-order valence-corrected chi connectivity index (χ3v) is 4.17. The zero-order chi connectivity index (χ0) is 17.3. The predicted molar refractivity (Wildman–Crippen MR) is 92.3 cm³/mol. The van der Waals surface area contributed by atoms with Crippen molar-refractivity contribution in [3.8, 4) is 11.5 Å². The van der Waals surface area contributed by atoms with E-state index in [1.54, 1.807) is 4.90 Å². The maximum absolute atomic E-state index is 12.4. The minimum absolute atomic E-state index is 0.228. The van der Waals surface area contributed by atoms with E-state index in [0.717, 1.165) is 22.9 Å². The first-order valence-electron chi connectivity index (χ1n) is 7.92. The van der Waals surface area contributed by atoms with Gasteiger partial charge in [0.05, 0.1) is 0 Å². The van der Waals surface area contributed by atoms with Gasteiger partial charge >= 0.3 is 6.09 Å². The molecular weight excluding hydrogens is 374 g/mol. The second-order valence-corrected chi connectivity index (χ2v) is 7.70. The molecule has 6 nitrogen and oxygen atoms in total. The maximum Gasteiger partial charge on any atom is 0.410 e. The average molecular weight is 394 g/mol. The fourth-order valence-electron chi connectivity index (χ4n) is 2.67. The molecule has 1 fully saturated rings. The molecule has 7 heteroatoms. The first kappa shape index (κ1) is 17.0. The molecule has 1 amide bonds. The summed E-state index contributed by atoms with van der Waals surface area (Å²) in [7, 11) is 0. The van der Waals surface area contributed by atoms with Gasteiger partial charge < -0.3 is 9.15 Å². The van der Waals surface area contributed by atoms with Crippen LogP contribution < -0.4 is 0 Å². The number of hydrogen-bond donors (Lipinski definition) is 0.